The van der Waals surface area contributed by atoms with E-state index in [0.717, 1.165) is 25.7 Å². The van der Waals surface area contributed by atoms with Crippen molar-refractivity contribution in [3.63, 3.8) is 0 Å². The predicted octanol–water partition coefficient (Wildman–Crippen LogP) is 2.39. The summed E-state index contributed by atoms with van der Waals surface area (Å²) in [5.74, 6) is 0.599. The molecule has 1 fully saturated rings. The van der Waals surface area contributed by atoms with E-state index in [1.807, 2.05) is 0 Å². The SMILES string of the molecule is O[C@@H]1CCCC[C@@H]1Nc1nc(Cl)cc2nccnc12. The van der Waals surface area contributed by atoms with Gasteiger partial charge in [-0.1, -0.05) is 24.4 Å². The number of pyridine rings is 1. The van der Waals surface area contributed by atoms with Crippen LogP contribution >= 0.6 is 11.6 Å². The second-order valence-electron chi connectivity index (χ2n) is 4.82. The van der Waals surface area contributed by atoms with Gasteiger partial charge in [-0.3, -0.25) is 4.98 Å². The summed E-state index contributed by atoms with van der Waals surface area (Å²) in [6.45, 7) is 0. The van der Waals surface area contributed by atoms with E-state index < -0.39 is 0 Å². The zero-order valence-electron chi connectivity index (χ0n) is 10.4. The second-order valence-corrected chi connectivity index (χ2v) is 5.21. The van der Waals surface area contributed by atoms with Gasteiger partial charge in [0.15, 0.2) is 5.82 Å². The molecule has 2 atom stereocenters. The van der Waals surface area contributed by atoms with Crippen molar-refractivity contribution >= 4 is 28.5 Å². The van der Waals surface area contributed by atoms with Crippen LogP contribution in [-0.2, 0) is 0 Å². The maximum Gasteiger partial charge on any atom is 0.156 e. The van der Waals surface area contributed by atoms with E-state index in [1.165, 1.54) is 0 Å². The third-order valence-corrected chi connectivity index (χ3v) is 3.67. The van der Waals surface area contributed by atoms with Crippen LogP contribution in [0.1, 0.15) is 25.7 Å². The Morgan fingerprint density at radius 3 is 2.84 bits per heavy atom. The molecule has 0 bridgehead atoms. The fourth-order valence-electron chi connectivity index (χ4n) is 2.50. The summed E-state index contributed by atoms with van der Waals surface area (Å²) in [6.07, 6.45) is 6.83. The highest BCUT2D eigenvalue weighted by molar-refractivity contribution is 6.30. The van der Waals surface area contributed by atoms with Crippen LogP contribution in [0.25, 0.3) is 11.0 Å². The van der Waals surface area contributed by atoms with Crippen molar-refractivity contribution in [3.8, 4) is 0 Å². The van der Waals surface area contributed by atoms with Gasteiger partial charge < -0.3 is 10.4 Å². The van der Waals surface area contributed by atoms with Crippen molar-refractivity contribution in [2.75, 3.05) is 5.32 Å². The van der Waals surface area contributed by atoms with E-state index in [-0.39, 0.29) is 12.1 Å². The summed E-state index contributed by atoms with van der Waals surface area (Å²) in [6, 6.07) is 1.69. The van der Waals surface area contributed by atoms with Crippen molar-refractivity contribution in [1.29, 1.82) is 0 Å². The van der Waals surface area contributed by atoms with Gasteiger partial charge in [-0.15, -0.1) is 0 Å². The van der Waals surface area contributed by atoms with Crippen LogP contribution in [0, 0.1) is 0 Å². The molecule has 0 unspecified atom stereocenters. The van der Waals surface area contributed by atoms with Gasteiger partial charge in [0.1, 0.15) is 10.7 Å². The molecule has 2 aromatic rings. The molecule has 6 heteroatoms. The van der Waals surface area contributed by atoms with Crippen LogP contribution in [0.15, 0.2) is 18.5 Å². The number of hydrogen-bond donors (Lipinski definition) is 2. The molecule has 0 radical (unpaired) electrons. The average molecular weight is 279 g/mol. The van der Waals surface area contributed by atoms with Gasteiger partial charge in [0, 0.05) is 18.5 Å². The van der Waals surface area contributed by atoms with Crippen molar-refractivity contribution in [1.82, 2.24) is 15.0 Å². The third kappa shape index (κ3) is 2.62. The number of nitrogens with zero attached hydrogens (tertiary/aromatic N) is 3. The second kappa shape index (κ2) is 5.27. The number of nitrogens with one attached hydrogen (secondary N) is 1. The standard InChI is InChI=1S/C13H15ClN4O/c14-11-7-9-12(16-6-5-15-9)13(18-11)17-8-3-1-2-4-10(8)19/h5-8,10,19H,1-4H2,(H,17,18)/t8-,10+/m0/s1. The van der Waals surface area contributed by atoms with Crippen LogP contribution in [0.3, 0.4) is 0 Å². The highest BCUT2D eigenvalue weighted by atomic mass is 35.5. The normalized spacial score (nSPS) is 23.5. The lowest BCUT2D eigenvalue weighted by Gasteiger charge is -2.28. The minimum absolute atomic E-state index is 0.00456. The Morgan fingerprint density at radius 2 is 2.00 bits per heavy atom. The molecule has 2 heterocycles. The lowest BCUT2D eigenvalue weighted by molar-refractivity contribution is 0.116. The molecule has 1 aliphatic carbocycles. The Bertz CT molecular complexity index is 592. The molecule has 5 nitrogen and oxygen atoms in total. The number of fused-ring (bicyclic) bond motifs is 1. The lowest BCUT2D eigenvalue weighted by Crippen LogP contribution is -2.36. The molecule has 0 amide bonds. The van der Waals surface area contributed by atoms with Crippen LogP contribution in [-0.4, -0.2) is 32.2 Å². The van der Waals surface area contributed by atoms with E-state index in [9.17, 15) is 5.11 Å². The van der Waals surface area contributed by atoms with E-state index in [1.54, 1.807) is 18.5 Å². The topological polar surface area (TPSA) is 70.9 Å². The molecule has 19 heavy (non-hydrogen) atoms. The molecular weight excluding hydrogens is 264 g/mol. The van der Waals surface area contributed by atoms with Gasteiger partial charge in [-0.05, 0) is 12.8 Å². The van der Waals surface area contributed by atoms with Gasteiger partial charge in [-0.2, -0.15) is 0 Å². The Kier molecular flexibility index (Phi) is 3.48. The van der Waals surface area contributed by atoms with Crippen LogP contribution < -0.4 is 5.32 Å². The Hall–Kier alpha value is -1.46. The zero-order chi connectivity index (χ0) is 13.2. The molecule has 2 N–H and O–H groups in total. The molecule has 1 aliphatic rings. The minimum Gasteiger partial charge on any atom is -0.391 e. The van der Waals surface area contributed by atoms with Crippen molar-refractivity contribution in [2.45, 2.75) is 37.8 Å². The first-order valence-electron chi connectivity index (χ1n) is 6.46. The van der Waals surface area contributed by atoms with E-state index >= 15 is 0 Å². The number of aromatic nitrogens is 3. The predicted molar refractivity (Wildman–Crippen MR) is 74.2 cm³/mol. The summed E-state index contributed by atoms with van der Waals surface area (Å²) in [7, 11) is 0. The van der Waals surface area contributed by atoms with Crippen molar-refractivity contribution in [2.24, 2.45) is 0 Å². The molecule has 3 rings (SSSR count). The number of anilines is 1. The number of aliphatic hydroxyl groups excluding tert-OH is 1. The molecule has 0 aliphatic heterocycles. The Labute approximate surface area is 116 Å². The fourth-order valence-corrected chi connectivity index (χ4v) is 2.69. The van der Waals surface area contributed by atoms with Gasteiger partial charge in [0.25, 0.3) is 0 Å². The third-order valence-electron chi connectivity index (χ3n) is 3.48. The molecule has 0 saturated heterocycles. The maximum atomic E-state index is 10.0. The van der Waals surface area contributed by atoms with E-state index in [4.69, 9.17) is 11.6 Å². The van der Waals surface area contributed by atoms with Crippen LogP contribution in [0.4, 0.5) is 5.82 Å². The summed E-state index contributed by atoms with van der Waals surface area (Å²) >= 11 is 6.00. The first-order chi connectivity index (χ1) is 9.24. The zero-order valence-corrected chi connectivity index (χ0v) is 11.1. The number of halogens is 1. The summed E-state index contributed by atoms with van der Waals surface area (Å²) in [5.41, 5.74) is 1.39. The summed E-state index contributed by atoms with van der Waals surface area (Å²) in [4.78, 5) is 12.8. The highest BCUT2D eigenvalue weighted by Gasteiger charge is 2.24. The first-order valence-corrected chi connectivity index (χ1v) is 6.84. The van der Waals surface area contributed by atoms with Crippen LogP contribution in [0.2, 0.25) is 5.15 Å². The quantitative estimate of drug-likeness (QED) is 0.826. The first kappa shape index (κ1) is 12.6. The number of rotatable bonds is 2. The van der Waals surface area contributed by atoms with Crippen LogP contribution in [0.5, 0.6) is 0 Å². The summed E-state index contributed by atoms with van der Waals surface area (Å²) < 4.78 is 0. The van der Waals surface area contributed by atoms with Gasteiger partial charge in [0.05, 0.1) is 17.7 Å². The Balaban J connectivity index is 1.95. The van der Waals surface area contributed by atoms with Gasteiger partial charge in [0.2, 0.25) is 0 Å². The van der Waals surface area contributed by atoms with E-state index in [2.05, 4.69) is 20.3 Å². The van der Waals surface area contributed by atoms with Crippen molar-refractivity contribution < 1.29 is 5.11 Å². The average Bonchev–Trinajstić information content (AvgIpc) is 2.41. The van der Waals surface area contributed by atoms with E-state index in [0.29, 0.717) is 22.0 Å². The molecule has 0 spiro atoms. The molecular formula is C13H15ClN4O. The molecule has 2 aromatic heterocycles. The van der Waals surface area contributed by atoms with Crippen molar-refractivity contribution in [3.05, 3.63) is 23.6 Å². The largest absolute Gasteiger partial charge is 0.391 e. The Morgan fingerprint density at radius 1 is 1.21 bits per heavy atom. The molecule has 100 valence electrons. The number of hydrogen-bond acceptors (Lipinski definition) is 5. The van der Waals surface area contributed by atoms with Gasteiger partial charge >= 0.3 is 0 Å². The molecule has 0 aromatic carbocycles. The monoisotopic (exact) mass is 278 g/mol. The minimum atomic E-state index is -0.346. The smallest absolute Gasteiger partial charge is 0.156 e. The number of aliphatic hydroxyl groups is 1. The van der Waals surface area contributed by atoms with Gasteiger partial charge in [-0.25, -0.2) is 9.97 Å². The maximum absolute atomic E-state index is 10.0. The lowest BCUT2D eigenvalue weighted by atomic mass is 9.92. The molecule has 1 saturated carbocycles. The fraction of sp³-hybridized carbons (Fsp3) is 0.462. The summed E-state index contributed by atoms with van der Waals surface area (Å²) in [5, 5.41) is 13.7. The highest BCUT2D eigenvalue weighted by Crippen LogP contribution is 2.26.